The van der Waals surface area contributed by atoms with E-state index in [1.807, 2.05) is 22.9 Å². The number of ether oxygens (including phenoxy) is 1. The summed E-state index contributed by atoms with van der Waals surface area (Å²) >= 11 is 2.73. The SMILES string of the molecule is O=C(NCC[N+]12CCC(CC1)C(OC(=O)C(O)(c1cccs1)c1cccs1)C2)NC1CCCCC1. The van der Waals surface area contributed by atoms with Crippen LogP contribution in [0.3, 0.4) is 0 Å². The number of nitrogens with one attached hydrogen (secondary N) is 2. The second-order valence-corrected chi connectivity index (χ2v) is 12.3. The summed E-state index contributed by atoms with van der Waals surface area (Å²) in [5.41, 5.74) is -1.77. The van der Waals surface area contributed by atoms with Crippen LogP contribution in [0, 0.1) is 5.92 Å². The number of quaternary nitrogens is 1. The highest BCUT2D eigenvalue weighted by molar-refractivity contribution is 7.12. The molecule has 7 nitrogen and oxygen atoms in total. The number of rotatable bonds is 8. The van der Waals surface area contributed by atoms with Crippen LogP contribution < -0.4 is 10.6 Å². The molecule has 3 N–H and O–H groups in total. The summed E-state index contributed by atoms with van der Waals surface area (Å²) in [6.07, 6.45) is 7.60. The number of fused-ring (bicyclic) bond motifs is 3. The predicted molar refractivity (Wildman–Crippen MR) is 137 cm³/mol. The number of amides is 2. The van der Waals surface area contributed by atoms with Crippen LogP contribution in [0.2, 0.25) is 0 Å². The summed E-state index contributed by atoms with van der Waals surface area (Å²) in [4.78, 5) is 27.0. The molecule has 0 aromatic carbocycles. The molecule has 2 amide bonds. The smallest absolute Gasteiger partial charge is 0.349 e. The van der Waals surface area contributed by atoms with Gasteiger partial charge in [-0.1, -0.05) is 31.4 Å². The third-order valence-corrected chi connectivity index (χ3v) is 10.1. The Labute approximate surface area is 215 Å². The minimum absolute atomic E-state index is 0.0677. The number of esters is 1. The lowest BCUT2D eigenvalue weighted by Crippen LogP contribution is -2.66. The first-order valence-electron chi connectivity index (χ1n) is 12.9. The lowest BCUT2D eigenvalue weighted by atomic mass is 9.83. The van der Waals surface area contributed by atoms with E-state index in [0.717, 1.165) is 56.3 Å². The summed E-state index contributed by atoms with van der Waals surface area (Å²) in [5, 5.41) is 21.5. The van der Waals surface area contributed by atoms with Gasteiger partial charge in [0.1, 0.15) is 6.54 Å². The molecule has 9 heteroatoms. The van der Waals surface area contributed by atoms with Crippen LogP contribution in [0.4, 0.5) is 4.79 Å². The van der Waals surface area contributed by atoms with Gasteiger partial charge in [-0.15, -0.1) is 22.7 Å². The number of hydrogen-bond donors (Lipinski definition) is 3. The zero-order valence-corrected chi connectivity index (χ0v) is 21.8. The van der Waals surface area contributed by atoms with E-state index in [4.69, 9.17) is 4.74 Å². The fourth-order valence-electron chi connectivity index (χ4n) is 6.07. The molecule has 1 aliphatic carbocycles. The third kappa shape index (κ3) is 5.28. The second kappa shape index (κ2) is 10.6. The molecule has 3 saturated heterocycles. The maximum Gasteiger partial charge on any atom is 0.349 e. The van der Waals surface area contributed by atoms with Crippen molar-refractivity contribution in [2.75, 3.05) is 32.7 Å². The monoisotopic (exact) mass is 518 g/mol. The van der Waals surface area contributed by atoms with Gasteiger partial charge in [0.2, 0.25) is 5.60 Å². The third-order valence-electron chi connectivity index (χ3n) is 8.16. The van der Waals surface area contributed by atoms with E-state index in [0.29, 0.717) is 28.3 Å². The largest absolute Gasteiger partial charge is 0.453 e. The summed E-state index contributed by atoms with van der Waals surface area (Å²) in [6.45, 7) is 4.28. The molecule has 2 aromatic heterocycles. The van der Waals surface area contributed by atoms with Crippen molar-refractivity contribution in [2.24, 2.45) is 5.92 Å². The van der Waals surface area contributed by atoms with Crippen molar-refractivity contribution in [1.29, 1.82) is 0 Å². The van der Waals surface area contributed by atoms with Gasteiger partial charge >= 0.3 is 12.0 Å². The van der Waals surface area contributed by atoms with Gasteiger partial charge in [-0.05, 0) is 35.7 Å². The van der Waals surface area contributed by atoms with E-state index in [1.165, 1.54) is 41.9 Å². The molecular weight excluding hydrogens is 482 g/mol. The molecule has 1 saturated carbocycles. The maximum atomic E-state index is 13.5. The summed E-state index contributed by atoms with van der Waals surface area (Å²) in [6, 6.07) is 7.51. The van der Waals surface area contributed by atoms with Crippen LogP contribution in [0.25, 0.3) is 0 Å². The van der Waals surface area contributed by atoms with Crippen LogP contribution in [-0.4, -0.2) is 66.5 Å². The molecule has 6 rings (SSSR count). The molecule has 2 aromatic rings. The summed E-state index contributed by atoms with van der Waals surface area (Å²) < 4.78 is 6.96. The van der Waals surface area contributed by atoms with Crippen molar-refractivity contribution in [3.05, 3.63) is 44.8 Å². The van der Waals surface area contributed by atoms with Crippen LogP contribution in [-0.2, 0) is 15.1 Å². The van der Waals surface area contributed by atoms with E-state index in [-0.39, 0.29) is 12.1 Å². The van der Waals surface area contributed by atoms with Gasteiger partial charge in [-0.25, -0.2) is 9.59 Å². The van der Waals surface area contributed by atoms with E-state index >= 15 is 0 Å². The lowest BCUT2D eigenvalue weighted by Gasteiger charge is -2.52. The molecule has 35 heavy (non-hydrogen) atoms. The minimum Gasteiger partial charge on any atom is -0.453 e. The number of aliphatic hydroxyl groups is 1. The van der Waals surface area contributed by atoms with Gasteiger partial charge in [0.05, 0.1) is 35.9 Å². The Bertz CT molecular complexity index is 946. The van der Waals surface area contributed by atoms with Gasteiger partial charge in [0.15, 0.2) is 6.10 Å². The van der Waals surface area contributed by atoms with E-state index in [9.17, 15) is 14.7 Å². The average molecular weight is 519 g/mol. The Kier molecular flexibility index (Phi) is 7.48. The highest BCUT2D eigenvalue weighted by Gasteiger charge is 2.51. The lowest BCUT2D eigenvalue weighted by molar-refractivity contribution is -0.945. The second-order valence-electron chi connectivity index (χ2n) is 10.4. The molecule has 3 aliphatic heterocycles. The Morgan fingerprint density at radius 1 is 1.03 bits per heavy atom. The van der Waals surface area contributed by atoms with Gasteiger partial charge in [0, 0.05) is 24.8 Å². The average Bonchev–Trinajstić information content (AvgIpc) is 3.60. The molecule has 5 heterocycles. The molecule has 2 bridgehead atoms. The van der Waals surface area contributed by atoms with Crippen molar-refractivity contribution in [3.8, 4) is 0 Å². The highest BCUT2D eigenvalue weighted by Crippen LogP contribution is 2.40. The Balaban J connectivity index is 1.19. The molecule has 0 radical (unpaired) electrons. The van der Waals surface area contributed by atoms with Crippen molar-refractivity contribution in [3.63, 3.8) is 0 Å². The predicted octanol–water partition coefficient (Wildman–Crippen LogP) is 3.83. The fraction of sp³-hybridized carbons (Fsp3) is 0.615. The molecular formula is C26H36N3O4S2+. The maximum absolute atomic E-state index is 13.5. The first kappa shape index (κ1) is 24.7. The van der Waals surface area contributed by atoms with Gasteiger partial charge < -0.3 is 25.0 Å². The summed E-state index contributed by atoms with van der Waals surface area (Å²) in [7, 11) is 0. The fourth-order valence-corrected chi connectivity index (χ4v) is 7.79. The van der Waals surface area contributed by atoms with Crippen molar-refractivity contribution < 1.29 is 23.9 Å². The van der Waals surface area contributed by atoms with Gasteiger partial charge in [-0.3, -0.25) is 0 Å². The number of thiophene rings is 2. The molecule has 1 atom stereocenters. The molecule has 190 valence electrons. The molecule has 4 fully saturated rings. The standard InChI is InChI=1S/C26H35N3O4S2/c30-24(26(32,22-8-4-16-34-22)23-9-5-17-35-23)33-21-18-29(13-10-19(21)11-14-29)15-12-27-25(31)28-20-6-2-1-3-7-20/h4-5,8-9,16-17,19-21,32H,1-3,6-7,10-15,18H2,(H-,27,28,31)/p+1. The van der Waals surface area contributed by atoms with Crippen LogP contribution in [0.1, 0.15) is 54.7 Å². The number of piperidine rings is 3. The number of urea groups is 1. The Morgan fingerprint density at radius 3 is 2.29 bits per heavy atom. The van der Waals surface area contributed by atoms with Gasteiger partial charge in [0.25, 0.3) is 0 Å². The zero-order chi connectivity index (χ0) is 24.3. The molecule has 1 unspecified atom stereocenters. The topological polar surface area (TPSA) is 87.7 Å². The molecule has 4 aliphatic rings. The number of carbonyl (C=O) groups is 2. The number of carbonyl (C=O) groups excluding carboxylic acids is 2. The van der Waals surface area contributed by atoms with Crippen LogP contribution in [0.15, 0.2) is 35.0 Å². The number of hydrogen-bond acceptors (Lipinski definition) is 6. The van der Waals surface area contributed by atoms with Crippen LogP contribution >= 0.6 is 22.7 Å². The van der Waals surface area contributed by atoms with Crippen LogP contribution in [0.5, 0.6) is 0 Å². The normalized spacial score (nSPS) is 26.9. The van der Waals surface area contributed by atoms with Gasteiger partial charge in [-0.2, -0.15) is 0 Å². The Morgan fingerprint density at radius 2 is 1.69 bits per heavy atom. The minimum atomic E-state index is -1.77. The first-order chi connectivity index (χ1) is 17.0. The van der Waals surface area contributed by atoms with Crippen molar-refractivity contribution >= 4 is 34.7 Å². The highest BCUT2D eigenvalue weighted by atomic mass is 32.1. The summed E-state index contributed by atoms with van der Waals surface area (Å²) in [5.74, 6) is -0.248. The molecule has 0 spiro atoms. The first-order valence-corrected chi connectivity index (χ1v) is 14.7. The zero-order valence-electron chi connectivity index (χ0n) is 20.1. The van der Waals surface area contributed by atoms with Crippen molar-refractivity contribution in [2.45, 2.75) is 62.7 Å². The van der Waals surface area contributed by atoms with E-state index in [2.05, 4.69) is 10.6 Å². The van der Waals surface area contributed by atoms with Crippen molar-refractivity contribution in [1.82, 2.24) is 10.6 Å². The Hall–Kier alpha value is -1.94. The number of nitrogens with zero attached hydrogens (tertiary/aromatic N) is 1. The van der Waals surface area contributed by atoms with E-state index < -0.39 is 11.6 Å². The quantitative estimate of drug-likeness (QED) is 0.366. The van der Waals surface area contributed by atoms with E-state index in [1.54, 1.807) is 12.1 Å².